The highest BCUT2D eigenvalue weighted by Gasteiger charge is 2.38. The van der Waals surface area contributed by atoms with Crippen molar-refractivity contribution in [3.63, 3.8) is 0 Å². The van der Waals surface area contributed by atoms with Crippen LogP contribution in [0.25, 0.3) is 0 Å². The molecule has 2 aromatic rings. The highest BCUT2D eigenvalue weighted by atomic mass is 32.1. The number of nitrogens with one attached hydrogen (secondary N) is 1. The van der Waals surface area contributed by atoms with Gasteiger partial charge in [0.25, 0.3) is 0 Å². The average Bonchev–Trinajstić information content (AvgIpc) is 3.01. The van der Waals surface area contributed by atoms with E-state index < -0.39 is 5.54 Å². The van der Waals surface area contributed by atoms with Crippen molar-refractivity contribution in [1.29, 1.82) is 0 Å². The molecule has 0 aliphatic rings. The third kappa shape index (κ3) is 3.23. The molecule has 0 radical (unpaired) electrons. The fourth-order valence-corrected chi connectivity index (χ4v) is 2.62. The van der Waals surface area contributed by atoms with Gasteiger partial charge in [0, 0.05) is 18.1 Å². The van der Waals surface area contributed by atoms with Crippen molar-refractivity contribution in [3.05, 3.63) is 52.5 Å². The number of ether oxygens (including phenoxy) is 1. The highest BCUT2D eigenvalue weighted by molar-refractivity contribution is 7.09. The van der Waals surface area contributed by atoms with Crippen LogP contribution in [0.3, 0.4) is 0 Å². The van der Waals surface area contributed by atoms with Gasteiger partial charge in [-0.15, -0.1) is 11.3 Å². The monoisotopic (exact) mass is 290 g/mol. The minimum Gasteiger partial charge on any atom is -0.464 e. The zero-order valence-corrected chi connectivity index (χ0v) is 12.4. The summed E-state index contributed by atoms with van der Waals surface area (Å²) in [7, 11) is 0. The van der Waals surface area contributed by atoms with E-state index in [1.807, 2.05) is 42.6 Å². The number of carbonyl (C=O) groups is 1. The first-order valence-corrected chi connectivity index (χ1v) is 7.41. The van der Waals surface area contributed by atoms with E-state index in [0.29, 0.717) is 18.2 Å². The van der Waals surface area contributed by atoms with Crippen LogP contribution in [-0.2, 0) is 21.6 Å². The Labute approximate surface area is 122 Å². The van der Waals surface area contributed by atoms with E-state index in [2.05, 4.69) is 10.3 Å². The van der Waals surface area contributed by atoms with Gasteiger partial charge in [0.1, 0.15) is 5.01 Å². The maximum absolute atomic E-state index is 12.3. The number of carbonyl (C=O) groups excluding carboxylic acids is 1. The number of hydrogen-bond donors (Lipinski definition) is 1. The van der Waals surface area contributed by atoms with Gasteiger partial charge in [0.15, 0.2) is 5.54 Å². The summed E-state index contributed by atoms with van der Waals surface area (Å²) in [6.07, 6.45) is 1.70. The van der Waals surface area contributed by atoms with E-state index >= 15 is 0 Å². The summed E-state index contributed by atoms with van der Waals surface area (Å²) in [6.45, 7) is 4.55. The van der Waals surface area contributed by atoms with Crippen molar-refractivity contribution in [1.82, 2.24) is 10.3 Å². The maximum Gasteiger partial charge on any atom is 0.333 e. The van der Waals surface area contributed by atoms with Crippen LogP contribution in [0.5, 0.6) is 0 Å². The molecule has 1 atom stereocenters. The first-order valence-electron chi connectivity index (χ1n) is 6.53. The Hall–Kier alpha value is -1.72. The second-order valence-corrected chi connectivity index (χ2v) is 5.42. The van der Waals surface area contributed by atoms with Gasteiger partial charge in [-0.1, -0.05) is 30.3 Å². The molecule has 0 saturated carbocycles. The van der Waals surface area contributed by atoms with Crippen LogP contribution in [-0.4, -0.2) is 17.6 Å². The molecule has 1 aromatic heterocycles. The first-order chi connectivity index (χ1) is 9.66. The predicted octanol–water partition coefficient (Wildman–Crippen LogP) is 2.71. The smallest absolute Gasteiger partial charge is 0.333 e. The standard InChI is InChI=1S/C15H18N2O2S/c1-3-19-14(18)15(2,13-16-9-10-20-13)17-11-12-7-5-4-6-8-12/h4-10,17H,3,11H2,1-2H3. The second kappa shape index (κ2) is 6.63. The molecule has 106 valence electrons. The van der Waals surface area contributed by atoms with Gasteiger partial charge in [0.05, 0.1) is 6.61 Å². The van der Waals surface area contributed by atoms with Crippen LogP contribution in [0, 0.1) is 0 Å². The molecule has 1 unspecified atom stereocenters. The number of aromatic nitrogens is 1. The largest absolute Gasteiger partial charge is 0.464 e. The van der Waals surface area contributed by atoms with Crippen molar-refractivity contribution in [2.75, 3.05) is 6.61 Å². The Morgan fingerprint density at radius 2 is 2.15 bits per heavy atom. The van der Waals surface area contributed by atoms with Gasteiger partial charge in [-0.3, -0.25) is 5.32 Å². The highest BCUT2D eigenvalue weighted by Crippen LogP contribution is 2.25. The lowest BCUT2D eigenvalue weighted by atomic mass is 10.0. The molecule has 4 nitrogen and oxygen atoms in total. The zero-order valence-electron chi connectivity index (χ0n) is 11.6. The van der Waals surface area contributed by atoms with Gasteiger partial charge in [-0.2, -0.15) is 0 Å². The van der Waals surface area contributed by atoms with Gasteiger partial charge in [-0.05, 0) is 19.4 Å². The summed E-state index contributed by atoms with van der Waals surface area (Å²) in [4.78, 5) is 16.5. The number of thiazole rings is 1. The topological polar surface area (TPSA) is 51.2 Å². The second-order valence-electron chi connectivity index (χ2n) is 4.52. The predicted molar refractivity (Wildman–Crippen MR) is 79.4 cm³/mol. The SMILES string of the molecule is CCOC(=O)C(C)(NCc1ccccc1)c1nccs1. The minimum absolute atomic E-state index is 0.300. The first kappa shape index (κ1) is 14.7. The molecule has 1 N–H and O–H groups in total. The van der Waals surface area contributed by atoms with Crippen molar-refractivity contribution in [2.24, 2.45) is 0 Å². The Bertz CT molecular complexity index is 542. The Morgan fingerprint density at radius 1 is 1.40 bits per heavy atom. The summed E-state index contributed by atoms with van der Waals surface area (Å²) in [6, 6.07) is 9.94. The quantitative estimate of drug-likeness (QED) is 0.831. The lowest BCUT2D eigenvalue weighted by Gasteiger charge is -2.26. The summed E-state index contributed by atoms with van der Waals surface area (Å²) in [5.74, 6) is -0.300. The van der Waals surface area contributed by atoms with Crippen LogP contribution in [0.15, 0.2) is 41.9 Å². The average molecular weight is 290 g/mol. The molecule has 5 heteroatoms. The third-order valence-corrected chi connectivity index (χ3v) is 4.03. The van der Waals surface area contributed by atoms with Gasteiger partial charge < -0.3 is 4.74 Å². The lowest BCUT2D eigenvalue weighted by molar-refractivity contribution is -0.151. The van der Waals surface area contributed by atoms with Crippen LogP contribution in [0.4, 0.5) is 0 Å². The molecule has 0 amide bonds. The minimum atomic E-state index is -0.917. The maximum atomic E-state index is 12.3. The van der Waals surface area contributed by atoms with Crippen LogP contribution in [0.2, 0.25) is 0 Å². The Morgan fingerprint density at radius 3 is 2.75 bits per heavy atom. The van der Waals surface area contributed by atoms with E-state index in [4.69, 9.17) is 4.74 Å². The van der Waals surface area contributed by atoms with Gasteiger partial charge in [0.2, 0.25) is 0 Å². The molecule has 0 fully saturated rings. The number of benzene rings is 1. The summed E-state index contributed by atoms with van der Waals surface area (Å²) in [5, 5.41) is 5.85. The van der Waals surface area contributed by atoms with Crippen molar-refractivity contribution < 1.29 is 9.53 Å². The van der Waals surface area contributed by atoms with Gasteiger partial charge >= 0.3 is 5.97 Å². The summed E-state index contributed by atoms with van der Waals surface area (Å²) >= 11 is 1.44. The molecule has 2 rings (SSSR count). The van der Waals surface area contributed by atoms with E-state index in [-0.39, 0.29) is 5.97 Å². The molecule has 0 spiro atoms. The van der Waals surface area contributed by atoms with Crippen molar-refractivity contribution in [3.8, 4) is 0 Å². The third-order valence-electron chi connectivity index (χ3n) is 3.03. The number of hydrogen-bond acceptors (Lipinski definition) is 5. The number of esters is 1. The molecule has 1 heterocycles. The van der Waals surface area contributed by atoms with E-state index in [0.717, 1.165) is 5.56 Å². The number of nitrogens with zero attached hydrogens (tertiary/aromatic N) is 1. The van der Waals surface area contributed by atoms with Crippen LogP contribution < -0.4 is 5.32 Å². The molecule has 0 aliphatic carbocycles. The molecule has 0 bridgehead atoms. The fraction of sp³-hybridized carbons (Fsp3) is 0.333. The normalized spacial score (nSPS) is 13.7. The molecule has 0 saturated heterocycles. The van der Waals surface area contributed by atoms with Gasteiger partial charge in [-0.25, -0.2) is 9.78 Å². The molecule has 1 aromatic carbocycles. The Balaban J connectivity index is 2.17. The van der Waals surface area contributed by atoms with Crippen LogP contribution in [0.1, 0.15) is 24.4 Å². The van der Waals surface area contributed by atoms with Crippen molar-refractivity contribution >= 4 is 17.3 Å². The van der Waals surface area contributed by atoms with Crippen LogP contribution >= 0.6 is 11.3 Å². The van der Waals surface area contributed by atoms with E-state index in [1.54, 1.807) is 13.1 Å². The van der Waals surface area contributed by atoms with E-state index in [1.165, 1.54) is 11.3 Å². The molecular formula is C15H18N2O2S. The zero-order chi connectivity index (χ0) is 14.4. The Kier molecular flexibility index (Phi) is 4.87. The number of rotatable bonds is 6. The molecular weight excluding hydrogens is 272 g/mol. The lowest BCUT2D eigenvalue weighted by Crippen LogP contribution is -2.47. The van der Waals surface area contributed by atoms with E-state index in [9.17, 15) is 4.79 Å². The van der Waals surface area contributed by atoms with Crippen molar-refractivity contribution in [2.45, 2.75) is 25.9 Å². The molecule has 0 aliphatic heterocycles. The summed E-state index contributed by atoms with van der Waals surface area (Å²) < 4.78 is 5.18. The molecule has 20 heavy (non-hydrogen) atoms. The fourth-order valence-electron chi connectivity index (χ4n) is 1.86. The summed E-state index contributed by atoms with van der Waals surface area (Å²) in [5.41, 5.74) is 0.194.